The highest BCUT2D eigenvalue weighted by Gasteiger charge is 2.49. The van der Waals surface area contributed by atoms with Crippen molar-refractivity contribution < 1.29 is 4.79 Å². The maximum absolute atomic E-state index is 11.4. The Morgan fingerprint density at radius 1 is 1.62 bits per heavy atom. The first-order valence-corrected chi connectivity index (χ1v) is 6.52. The van der Waals surface area contributed by atoms with E-state index in [2.05, 4.69) is 18.7 Å². The molecule has 13 heavy (non-hydrogen) atoms. The van der Waals surface area contributed by atoms with Crippen LogP contribution in [-0.2, 0) is 4.79 Å². The lowest BCUT2D eigenvalue weighted by Gasteiger charge is -2.27. The van der Waals surface area contributed by atoms with Crippen molar-refractivity contribution in [3.05, 3.63) is 0 Å². The van der Waals surface area contributed by atoms with E-state index in [0.29, 0.717) is 11.2 Å². The fourth-order valence-electron chi connectivity index (χ4n) is 2.80. The number of ketones is 1. The van der Waals surface area contributed by atoms with Gasteiger partial charge in [-0.2, -0.15) is 11.8 Å². The lowest BCUT2D eigenvalue weighted by atomic mass is 9.77. The van der Waals surface area contributed by atoms with E-state index in [4.69, 9.17) is 0 Å². The Kier molecular flexibility index (Phi) is 2.68. The Morgan fingerprint density at radius 3 is 3.23 bits per heavy atom. The monoisotopic (exact) mass is 198 g/mol. The summed E-state index contributed by atoms with van der Waals surface area (Å²) < 4.78 is 0. The zero-order valence-electron chi connectivity index (χ0n) is 8.34. The lowest BCUT2D eigenvalue weighted by Crippen LogP contribution is -2.23. The SMILES string of the molecule is CCCC[C@@]12CSC[C@@H]1CC(=O)C2. The molecule has 0 aromatic carbocycles. The van der Waals surface area contributed by atoms with E-state index in [1.807, 2.05) is 0 Å². The molecule has 2 atom stereocenters. The first kappa shape index (κ1) is 9.57. The van der Waals surface area contributed by atoms with Crippen LogP contribution in [0.2, 0.25) is 0 Å². The molecule has 0 aromatic heterocycles. The first-order chi connectivity index (χ1) is 6.27. The van der Waals surface area contributed by atoms with Gasteiger partial charge in [-0.15, -0.1) is 0 Å². The molecule has 0 amide bonds. The largest absolute Gasteiger partial charge is 0.300 e. The summed E-state index contributed by atoms with van der Waals surface area (Å²) in [6.45, 7) is 2.24. The molecule has 2 heteroatoms. The van der Waals surface area contributed by atoms with Crippen LogP contribution in [0.3, 0.4) is 0 Å². The van der Waals surface area contributed by atoms with Gasteiger partial charge in [0.05, 0.1) is 0 Å². The van der Waals surface area contributed by atoms with Crippen molar-refractivity contribution in [1.82, 2.24) is 0 Å². The summed E-state index contributed by atoms with van der Waals surface area (Å²) in [7, 11) is 0. The lowest BCUT2D eigenvalue weighted by molar-refractivity contribution is -0.118. The summed E-state index contributed by atoms with van der Waals surface area (Å²) in [5, 5.41) is 0. The number of unbranched alkanes of at least 4 members (excludes halogenated alkanes) is 1. The van der Waals surface area contributed by atoms with E-state index < -0.39 is 0 Å². The molecule has 1 nitrogen and oxygen atoms in total. The number of carbonyl (C=O) groups excluding carboxylic acids is 1. The highest BCUT2D eigenvalue weighted by molar-refractivity contribution is 7.99. The molecule has 74 valence electrons. The van der Waals surface area contributed by atoms with Gasteiger partial charge in [-0.3, -0.25) is 4.79 Å². The molecule has 1 aliphatic heterocycles. The van der Waals surface area contributed by atoms with Crippen molar-refractivity contribution in [2.75, 3.05) is 11.5 Å². The van der Waals surface area contributed by atoms with E-state index in [1.165, 1.54) is 30.8 Å². The van der Waals surface area contributed by atoms with Gasteiger partial charge in [0.2, 0.25) is 0 Å². The summed E-state index contributed by atoms with van der Waals surface area (Å²) in [5.74, 6) is 3.76. The van der Waals surface area contributed by atoms with E-state index in [-0.39, 0.29) is 0 Å². The molecule has 2 fully saturated rings. The van der Waals surface area contributed by atoms with Crippen LogP contribution in [0.25, 0.3) is 0 Å². The molecule has 0 unspecified atom stereocenters. The molecule has 0 spiro atoms. The minimum absolute atomic E-state index is 0.442. The standard InChI is InChI=1S/C11H18OS/c1-2-3-4-11-6-10(12)5-9(11)7-13-8-11/h9H,2-8H2,1H3/t9-,11+/m0/s1. The second-order valence-corrected chi connectivity index (χ2v) is 5.63. The van der Waals surface area contributed by atoms with Gasteiger partial charge < -0.3 is 0 Å². The number of thioether (sulfide) groups is 1. The first-order valence-electron chi connectivity index (χ1n) is 5.36. The van der Waals surface area contributed by atoms with E-state index in [9.17, 15) is 4.79 Å². The second-order valence-electron chi connectivity index (χ2n) is 4.60. The number of Topliss-reactive ketones (excluding diaryl/α,β-unsaturated/α-hetero) is 1. The van der Waals surface area contributed by atoms with Gasteiger partial charge in [0.1, 0.15) is 5.78 Å². The predicted octanol–water partition coefficient (Wildman–Crippen LogP) is 2.89. The highest BCUT2D eigenvalue weighted by Crippen LogP contribution is 2.53. The van der Waals surface area contributed by atoms with Gasteiger partial charge >= 0.3 is 0 Å². The predicted molar refractivity (Wildman–Crippen MR) is 57.0 cm³/mol. The molecule has 0 bridgehead atoms. The molecular weight excluding hydrogens is 180 g/mol. The van der Waals surface area contributed by atoms with Crippen molar-refractivity contribution in [3.63, 3.8) is 0 Å². The van der Waals surface area contributed by atoms with Crippen molar-refractivity contribution >= 4 is 17.5 Å². The Hall–Kier alpha value is 0.0200. The van der Waals surface area contributed by atoms with Crippen LogP contribution < -0.4 is 0 Å². The van der Waals surface area contributed by atoms with Gasteiger partial charge in [-0.25, -0.2) is 0 Å². The summed E-state index contributed by atoms with van der Waals surface area (Å²) in [6, 6.07) is 0. The minimum atomic E-state index is 0.442. The van der Waals surface area contributed by atoms with Crippen molar-refractivity contribution in [1.29, 1.82) is 0 Å². The molecule has 1 heterocycles. The van der Waals surface area contributed by atoms with Crippen LogP contribution in [0, 0.1) is 11.3 Å². The second kappa shape index (κ2) is 3.64. The third-order valence-electron chi connectivity index (χ3n) is 3.63. The third-order valence-corrected chi connectivity index (χ3v) is 5.04. The Bertz CT molecular complexity index is 214. The third kappa shape index (κ3) is 1.65. The molecule has 2 aliphatic rings. The van der Waals surface area contributed by atoms with Gasteiger partial charge in [-0.1, -0.05) is 19.8 Å². The fraction of sp³-hybridized carbons (Fsp3) is 0.909. The highest BCUT2D eigenvalue weighted by atomic mass is 32.2. The number of carbonyl (C=O) groups is 1. The molecule has 2 rings (SSSR count). The average Bonchev–Trinajstić information content (AvgIpc) is 2.57. The molecule has 0 aromatic rings. The maximum Gasteiger partial charge on any atom is 0.133 e. The number of fused-ring (bicyclic) bond motifs is 1. The summed E-state index contributed by atoms with van der Waals surface area (Å²) in [4.78, 5) is 11.4. The van der Waals surface area contributed by atoms with Gasteiger partial charge in [0.15, 0.2) is 0 Å². The number of rotatable bonds is 3. The smallest absolute Gasteiger partial charge is 0.133 e. The maximum atomic E-state index is 11.4. The van der Waals surface area contributed by atoms with Gasteiger partial charge in [-0.05, 0) is 29.3 Å². The topological polar surface area (TPSA) is 17.1 Å². The van der Waals surface area contributed by atoms with Crippen LogP contribution in [0.5, 0.6) is 0 Å². The van der Waals surface area contributed by atoms with Crippen LogP contribution in [-0.4, -0.2) is 17.3 Å². The Balaban J connectivity index is 2.04. The molecule has 1 saturated heterocycles. The quantitative estimate of drug-likeness (QED) is 0.693. The van der Waals surface area contributed by atoms with E-state index in [0.717, 1.165) is 18.8 Å². The average molecular weight is 198 g/mol. The molecule has 0 radical (unpaired) electrons. The van der Waals surface area contributed by atoms with E-state index >= 15 is 0 Å². The van der Waals surface area contributed by atoms with E-state index in [1.54, 1.807) is 0 Å². The molecule has 1 saturated carbocycles. The zero-order valence-corrected chi connectivity index (χ0v) is 9.16. The number of hydrogen-bond donors (Lipinski definition) is 0. The molecular formula is C11H18OS. The fourth-order valence-corrected chi connectivity index (χ4v) is 4.57. The van der Waals surface area contributed by atoms with Gasteiger partial charge in [0.25, 0.3) is 0 Å². The van der Waals surface area contributed by atoms with Gasteiger partial charge in [0, 0.05) is 12.8 Å². The van der Waals surface area contributed by atoms with Crippen LogP contribution in [0.4, 0.5) is 0 Å². The normalized spacial score (nSPS) is 38.2. The molecule has 1 aliphatic carbocycles. The Labute approximate surface area is 84.7 Å². The van der Waals surface area contributed by atoms with Crippen LogP contribution >= 0.6 is 11.8 Å². The number of hydrogen-bond acceptors (Lipinski definition) is 2. The summed E-state index contributed by atoms with van der Waals surface area (Å²) >= 11 is 2.07. The van der Waals surface area contributed by atoms with Crippen molar-refractivity contribution in [2.24, 2.45) is 11.3 Å². The summed E-state index contributed by atoms with van der Waals surface area (Å²) in [6.07, 6.45) is 5.66. The zero-order chi connectivity index (χ0) is 9.31. The van der Waals surface area contributed by atoms with Crippen molar-refractivity contribution in [3.8, 4) is 0 Å². The Morgan fingerprint density at radius 2 is 2.46 bits per heavy atom. The van der Waals surface area contributed by atoms with Crippen LogP contribution in [0.15, 0.2) is 0 Å². The van der Waals surface area contributed by atoms with Crippen LogP contribution in [0.1, 0.15) is 39.0 Å². The molecule has 0 N–H and O–H groups in total. The summed E-state index contributed by atoms with van der Waals surface area (Å²) in [5.41, 5.74) is 0.442. The van der Waals surface area contributed by atoms with Crippen molar-refractivity contribution in [2.45, 2.75) is 39.0 Å². The minimum Gasteiger partial charge on any atom is -0.300 e.